The first kappa shape index (κ1) is 10.2. The van der Waals surface area contributed by atoms with Crippen LogP contribution in [-0.4, -0.2) is 35.5 Å². The van der Waals surface area contributed by atoms with Crippen LogP contribution in [0.4, 0.5) is 11.6 Å². The number of rotatable bonds is 1. The van der Waals surface area contributed by atoms with Crippen LogP contribution in [0.25, 0.3) is 0 Å². The molecule has 0 bridgehead atoms. The van der Waals surface area contributed by atoms with Crippen molar-refractivity contribution in [3.8, 4) is 0 Å². The lowest BCUT2D eigenvalue weighted by Crippen LogP contribution is -2.50. The fraction of sp³-hybridized carbons (Fsp3) is 0.600. The summed E-state index contributed by atoms with van der Waals surface area (Å²) in [6, 6.07) is 4.33. The molecule has 2 N–H and O–H groups in total. The summed E-state index contributed by atoms with van der Waals surface area (Å²) in [5, 5.41) is 7.97. The minimum Gasteiger partial charge on any atom is -0.382 e. The Bertz CT molecular complexity index is 317. The Labute approximate surface area is 89.2 Å². The van der Waals surface area contributed by atoms with Gasteiger partial charge in [-0.1, -0.05) is 0 Å². The first-order chi connectivity index (χ1) is 7.18. The van der Waals surface area contributed by atoms with Gasteiger partial charge in [0.2, 0.25) is 0 Å². The Kier molecular flexibility index (Phi) is 2.73. The number of hydrogen-bond donors (Lipinski definition) is 1. The summed E-state index contributed by atoms with van der Waals surface area (Å²) in [6.45, 7) is 5.70. The molecule has 0 saturated carbocycles. The minimum atomic E-state index is 0.326. The summed E-state index contributed by atoms with van der Waals surface area (Å²) >= 11 is 0. The molecule has 5 heteroatoms. The largest absolute Gasteiger partial charge is 0.382 e. The molecule has 15 heavy (non-hydrogen) atoms. The standard InChI is InChI=1S/C10H16N4O/c1-7-5-15-6-8(2)14(7)10-4-3-9(11)12-13-10/h3-4,7-8H,5-6H2,1-2H3,(H2,11,12). The van der Waals surface area contributed by atoms with Gasteiger partial charge in [-0.2, -0.15) is 0 Å². The van der Waals surface area contributed by atoms with Crippen molar-refractivity contribution in [3.05, 3.63) is 12.1 Å². The second-order valence-corrected chi connectivity index (χ2v) is 3.96. The number of nitrogen functional groups attached to an aromatic ring is 1. The molecule has 0 radical (unpaired) electrons. The SMILES string of the molecule is CC1COCC(C)N1c1ccc(N)nn1. The van der Waals surface area contributed by atoms with Crippen LogP contribution < -0.4 is 10.6 Å². The maximum Gasteiger partial charge on any atom is 0.152 e. The van der Waals surface area contributed by atoms with E-state index in [1.54, 1.807) is 6.07 Å². The molecule has 0 amide bonds. The summed E-state index contributed by atoms with van der Waals surface area (Å²) in [4.78, 5) is 2.22. The lowest BCUT2D eigenvalue weighted by atomic mass is 10.2. The van der Waals surface area contributed by atoms with E-state index in [0.29, 0.717) is 17.9 Å². The van der Waals surface area contributed by atoms with Crippen LogP contribution in [-0.2, 0) is 4.74 Å². The van der Waals surface area contributed by atoms with Gasteiger partial charge in [0.05, 0.1) is 25.3 Å². The Balaban J connectivity index is 2.23. The van der Waals surface area contributed by atoms with E-state index in [2.05, 4.69) is 28.9 Å². The normalized spacial score (nSPS) is 26.7. The minimum absolute atomic E-state index is 0.326. The Morgan fingerprint density at radius 3 is 2.47 bits per heavy atom. The van der Waals surface area contributed by atoms with Gasteiger partial charge in [-0.05, 0) is 26.0 Å². The molecule has 2 atom stereocenters. The van der Waals surface area contributed by atoms with Crippen LogP contribution in [0.3, 0.4) is 0 Å². The van der Waals surface area contributed by atoms with E-state index in [4.69, 9.17) is 10.5 Å². The van der Waals surface area contributed by atoms with Gasteiger partial charge >= 0.3 is 0 Å². The number of ether oxygens (including phenoxy) is 1. The van der Waals surface area contributed by atoms with Gasteiger partial charge < -0.3 is 15.4 Å². The van der Waals surface area contributed by atoms with Gasteiger partial charge in [-0.25, -0.2) is 0 Å². The summed E-state index contributed by atoms with van der Waals surface area (Å²) < 4.78 is 5.45. The summed E-state index contributed by atoms with van der Waals surface area (Å²) in [5.74, 6) is 1.32. The molecule has 5 nitrogen and oxygen atoms in total. The molecule has 1 saturated heterocycles. The number of anilines is 2. The van der Waals surface area contributed by atoms with Crippen molar-refractivity contribution in [3.63, 3.8) is 0 Å². The van der Waals surface area contributed by atoms with Crippen molar-refractivity contribution >= 4 is 11.6 Å². The van der Waals surface area contributed by atoms with E-state index in [0.717, 1.165) is 19.0 Å². The molecule has 2 heterocycles. The predicted molar refractivity (Wildman–Crippen MR) is 58.7 cm³/mol. The maximum atomic E-state index is 5.51. The lowest BCUT2D eigenvalue weighted by Gasteiger charge is -2.39. The highest BCUT2D eigenvalue weighted by Gasteiger charge is 2.26. The van der Waals surface area contributed by atoms with Crippen LogP contribution >= 0.6 is 0 Å². The maximum absolute atomic E-state index is 5.51. The highest BCUT2D eigenvalue weighted by Crippen LogP contribution is 2.20. The van der Waals surface area contributed by atoms with Crippen molar-refractivity contribution in [1.29, 1.82) is 0 Å². The van der Waals surface area contributed by atoms with E-state index < -0.39 is 0 Å². The Hall–Kier alpha value is -1.36. The quantitative estimate of drug-likeness (QED) is 0.735. The molecular formula is C10H16N4O. The topological polar surface area (TPSA) is 64.3 Å². The van der Waals surface area contributed by atoms with Crippen LogP contribution in [0.15, 0.2) is 12.1 Å². The average Bonchev–Trinajstić information content (AvgIpc) is 2.20. The monoisotopic (exact) mass is 208 g/mol. The van der Waals surface area contributed by atoms with Crippen LogP contribution in [0.1, 0.15) is 13.8 Å². The van der Waals surface area contributed by atoms with Gasteiger partial charge in [0.1, 0.15) is 5.82 Å². The third-order valence-electron chi connectivity index (χ3n) is 2.60. The van der Waals surface area contributed by atoms with E-state index in [1.807, 2.05) is 6.07 Å². The van der Waals surface area contributed by atoms with Gasteiger partial charge in [0, 0.05) is 0 Å². The molecule has 2 rings (SSSR count). The summed E-state index contributed by atoms with van der Waals surface area (Å²) in [7, 11) is 0. The van der Waals surface area contributed by atoms with Crippen LogP contribution in [0.2, 0.25) is 0 Å². The number of hydrogen-bond acceptors (Lipinski definition) is 5. The predicted octanol–water partition coefficient (Wildman–Crippen LogP) is 0.672. The number of nitrogens with two attached hydrogens (primary N) is 1. The molecule has 82 valence electrons. The zero-order valence-corrected chi connectivity index (χ0v) is 9.05. The van der Waals surface area contributed by atoms with Gasteiger partial charge in [-0.15, -0.1) is 10.2 Å². The molecule has 1 aliphatic rings. The highest BCUT2D eigenvalue weighted by atomic mass is 16.5. The number of aromatic nitrogens is 2. The first-order valence-corrected chi connectivity index (χ1v) is 5.14. The Morgan fingerprint density at radius 1 is 1.27 bits per heavy atom. The number of morpholine rings is 1. The van der Waals surface area contributed by atoms with E-state index >= 15 is 0 Å². The van der Waals surface area contributed by atoms with E-state index in [-0.39, 0.29) is 0 Å². The molecule has 1 aromatic rings. The smallest absolute Gasteiger partial charge is 0.152 e. The molecule has 1 fully saturated rings. The van der Waals surface area contributed by atoms with Crippen molar-refractivity contribution in [1.82, 2.24) is 10.2 Å². The number of nitrogens with zero attached hydrogens (tertiary/aromatic N) is 3. The molecular weight excluding hydrogens is 192 g/mol. The van der Waals surface area contributed by atoms with Gasteiger partial charge in [-0.3, -0.25) is 0 Å². The molecule has 0 aromatic carbocycles. The summed E-state index contributed by atoms with van der Waals surface area (Å²) in [6.07, 6.45) is 0. The zero-order chi connectivity index (χ0) is 10.8. The Morgan fingerprint density at radius 2 is 1.93 bits per heavy atom. The van der Waals surface area contributed by atoms with Crippen LogP contribution in [0, 0.1) is 0 Å². The second kappa shape index (κ2) is 4.02. The molecule has 2 unspecified atom stereocenters. The molecule has 0 aliphatic carbocycles. The third-order valence-corrected chi connectivity index (χ3v) is 2.60. The average molecular weight is 208 g/mol. The molecule has 1 aliphatic heterocycles. The summed E-state index contributed by atoms with van der Waals surface area (Å²) in [5.41, 5.74) is 5.51. The zero-order valence-electron chi connectivity index (χ0n) is 9.05. The third kappa shape index (κ3) is 2.02. The molecule has 1 aromatic heterocycles. The fourth-order valence-electron chi connectivity index (χ4n) is 1.93. The molecule has 0 spiro atoms. The van der Waals surface area contributed by atoms with E-state index in [1.165, 1.54) is 0 Å². The lowest BCUT2D eigenvalue weighted by molar-refractivity contribution is 0.0751. The van der Waals surface area contributed by atoms with Crippen LogP contribution in [0.5, 0.6) is 0 Å². The second-order valence-electron chi connectivity index (χ2n) is 3.96. The van der Waals surface area contributed by atoms with Crippen molar-refractivity contribution in [2.75, 3.05) is 23.8 Å². The van der Waals surface area contributed by atoms with Crippen molar-refractivity contribution < 1.29 is 4.74 Å². The first-order valence-electron chi connectivity index (χ1n) is 5.14. The van der Waals surface area contributed by atoms with E-state index in [9.17, 15) is 0 Å². The highest BCUT2D eigenvalue weighted by molar-refractivity contribution is 5.43. The van der Waals surface area contributed by atoms with Crippen molar-refractivity contribution in [2.24, 2.45) is 0 Å². The fourth-order valence-corrected chi connectivity index (χ4v) is 1.93. The van der Waals surface area contributed by atoms with Gasteiger partial charge in [0.25, 0.3) is 0 Å². The van der Waals surface area contributed by atoms with Crippen molar-refractivity contribution in [2.45, 2.75) is 25.9 Å². The van der Waals surface area contributed by atoms with Gasteiger partial charge in [0.15, 0.2) is 5.82 Å².